The summed E-state index contributed by atoms with van der Waals surface area (Å²) in [7, 11) is 0. The van der Waals surface area contributed by atoms with Crippen molar-refractivity contribution in [1.29, 1.82) is 0 Å². The molecule has 0 atom stereocenters. The molecule has 0 bridgehead atoms. The van der Waals surface area contributed by atoms with Crippen LogP contribution in [0.25, 0.3) is 0 Å². The highest BCUT2D eigenvalue weighted by Gasteiger charge is 2.16. The van der Waals surface area contributed by atoms with E-state index in [1.165, 1.54) is 11.1 Å². The average Bonchev–Trinajstić information content (AvgIpc) is 2.29. The second-order valence-electron chi connectivity index (χ2n) is 4.88. The third-order valence-corrected chi connectivity index (χ3v) is 2.74. The van der Waals surface area contributed by atoms with Gasteiger partial charge in [-0.2, -0.15) is 0 Å². The summed E-state index contributed by atoms with van der Waals surface area (Å²) in [5.41, 5.74) is 2.49. The molecule has 1 aromatic carbocycles. The van der Waals surface area contributed by atoms with Crippen LogP contribution in [-0.4, -0.2) is 5.84 Å². The molecule has 0 heterocycles. The predicted octanol–water partition coefficient (Wildman–Crippen LogP) is 2.79. The van der Waals surface area contributed by atoms with Crippen LogP contribution in [0.1, 0.15) is 44.7 Å². The van der Waals surface area contributed by atoms with Gasteiger partial charge in [0.15, 0.2) is 0 Å². The number of nitrogens with one attached hydrogen (secondary N) is 1. The van der Waals surface area contributed by atoms with Crippen LogP contribution in [-0.2, 0) is 6.54 Å². The van der Waals surface area contributed by atoms with Crippen molar-refractivity contribution in [2.45, 2.75) is 40.2 Å². The second-order valence-corrected chi connectivity index (χ2v) is 4.88. The highest BCUT2D eigenvalue weighted by molar-refractivity contribution is 5.82. The molecular weight excluding hydrogens is 212 g/mol. The van der Waals surface area contributed by atoms with Crippen molar-refractivity contribution >= 4 is 5.84 Å². The monoisotopic (exact) mass is 233 g/mol. The van der Waals surface area contributed by atoms with E-state index < -0.39 is 0 Å². The van der Waals surface area contributed by atoms with Gasteiger partial charge in [-0.15, -0.1) is 0 Å². The minimum atomic E-state index is 0.140. The molecule has 0 aliphatic heterocycles. The van der Waals surface area contributed by atoms with Crippen LogP contribution in [0.2, 0.25) is 0 Å². The Morgan fingerprint density at radius 1 is 1.29 bits per heavy atom. The van der Waals surface area contributed by atoms with Crippen molar-refractivity contribution in [3.63, 3.8) is 0 Å². The minimum absolute atomic E-state index is 0.140. The quantitative estimate of drug-likeness (QED) is 0.493. The molecule has 1 aromatic rings. The van der Waals surface area contributed by atoms with Crippen molar-refractivity contribution in [3.8, 4) is 0 Å². The van der Waals surface area contributed by atoms with Crippen molar-refractivity contribution in [1.82, 2.24) is 10.2 Å². The fourth-order valence-electron chi connectivity index (χ4n) is 1.60. The topological polar surface area (TPSA) is 43.2 Å². The Bertz CT molecular complexity index is 418. The first kappa shape index (κ1) is 13.5. The van der Waals surface area contributed by atoms with E-state index in [2.05, 4.69) is 48.3 Å². The number of amidine groups is 1. The van der Waals surface area contributed by atoms with Gasteiger partial charge in [-0.25, -0.2) is 0 Å². The first-order valence-corrected chi connectivity index (χ1v) is 6.07. The van der Waals surface area contributed by atoms with Crippen LogP contribution >= 0.6 is 0 Å². The molecule has 0 saturated carbocycles. The summed E-state index contributed by atoms with van der Waals surface area (Å²) in [5.74, 6) is 1.17. The first-order valence-electron chi connectivity index (χ1n) is 6.07. The van der Waals surface area contributed by atoms with Gasteiger partial charge in [-0.3, -0.25) is 5.32 Å². The fraction of sp³-hybridized carbons (Fsp3) is 0.500. The van der Waals surface area contributed by atoms with Gasteiger partial charge >= 0.3 is 5.84 Å². The zero-order valence-corrected chi connectivity index (χ0v) is 11.0. The molecule has 92 valence electrons. The van der Waals surface area contributed by atoms with Crippen LogP contribution in [0, 0.1) is 10.8 Å². The van der Waals surface area contributed by atoms with Crippen molar-refractivity contribution in [3.05, 3.63) is 40.3 Å². The molecule has 3 nitrogen and oxygen atoms in total. The van der Waals surface area contributed by atoms with Crippen LogP contribution < -0.4 is 10.2 Å². The molecular formula is C14H21N2O+. The van der Waals surface area contributed by atoms with Crippen LogP contribution in [0.15, 0.2) is 24.3 Å². The molecule has 17 heavy (non-hydrogen) atoms. The normalized spacial score (nSPS) is 10.5. The Morgan fingerprint density at radius 2 is 2.00 bits per heavy atom. The smallest absolute Gasteiger partial charge is 0.256 e. The van der Waals surface area contributed by atoms with Gasteiger partial charge in [0.2, 0.25) is 0 Å². The maximum atomic E-state index is 10.6. The number of hydrogen-bond acceptors (Lipinski definition) is 1. The van der Waals surface area contributed by atoms with Crippen LogP contribution in [0.4, 0.5) is 0 Å². The zero-order chi connectivity index (χ0) is 12.8. The summed E-state index contributed by atoms with van der Waals surface area (Å²) in [6, 6.07) is 8.40. The molecule has 0 aromatic heterocycles. The Morgan fingerprint density at radius 3 is 2.53 bits per heavy atom. The van der Waals surface area contributed by atoms with Crippen molar-refractivity contribution in [2.24, 2.45) is 5.92 Å². The maximum absolute atomic E-state index is 10.6. The molecule has 1 rings (SSSR count). The van der Waals surface area contributed by atoms with E-state index in [4.69, 9.17) is 0 Å². The molecule has 1 N–H and O–H groups in total. The Kier molecular flexibility index (Phi) is 4.92. The Balaban J connectivity index is 2.69. The third-order valence-electron chi connectivity index (χ3n) is 2.74. The lowest BCUT2D eigenvalue weighted by atomic mass is 10.0. The van der Waals surface area contributed by atoms with Gasteiger partial charge in [0.25, 0.3) is 0 Å². The van der Waals surface area contributed by atoms with Gasteiger partial charge in [-0.05, 0) is 30.9 Å². The van der Waals surface area contributed by atoms with E-state index in [1.54, 1.807) is 0 Å². The summed E-state index contributed by atoms with van der Waals surface area (Å²) in [6.07, 6.45) is 0. The van der Waals surface area contributed by atoms with Gasteiger partial charge < -0.3 is 0 Å². The van der Waals surface area contributed by atoms with E-state index in [0.29, 0.717) is 18.3 Å². The molecule has 0 amide bonds. The van der Waals surface area contributed by atoms with Gasteiger partial charge in [-0.1, -0.05) is 38.1 Å². The largest absolute Gasteiger partial charge is 0.404 e. The first-order chi connectivity index (χ1) is 8.04. The lowest BCUT2D eigenvalue weighted by molar-refractivity contribution is 0.782. The molecule has 0 radical (unpaired) electrons. The van der Waals surface area contributed by atoms with E-state index in [-0.39, 0.29) is 5.92 Å². The fourth-order valence-corrected chi connectivity index (χ4v) is 1.60. The number of nitrogens with zero attached hydrogens (tertiary/aromatic N) is 1. The second kappa shape index (κ2) is 6.21. The minimum Gasteiger partial charge on any atom is -0.256 e. The zero-order valence-electron chi connectivity index (χ0n) is 11.0. The number of hydrogen-bond donors (Lipinski definition) is 1. The number of nitroso groups, excluding NO2 is 1. The SMILES string of the molecule is CC(C)C(=[N+]=O)NCc1cccc(C(C)C)c1. The molecule has 0 fully saturated rings. The standard InChI is InChI=1S/C14H20N2O/c1-10(2)13-7-5-6-12(8-13)9-15-14(16-17)11(3)4/h5-8,10-11H,9H2,1-4H3/p+1. The maximum Gasteiger partial charge on any atom is 0.404 e. The summed E-state index contributed by atoms with van der Waals surface area (Å²) in [6.45, 7) is 8.90. The Labute approximate surface area is 103 Å². The van der Waals surface area contributed by atoms with Gasteiger partial charge in [0.05, 0.1) is 10.8 Å². The Hall–Kier alpha value is -1.60. The van der Waals surface area contributed by atoms with E-state index in [9.17, 15) is 4.91 Å². The third kappa shape index (κ3) is 4.04. The summed E-state index contributed by atoms with van der Waals surface area (Å²) in [4.78, 5) is 13.6. The van der Waals surface area contributed by atoms with E-state index in [1.807, 2.05) is 13.8 Å². The average molecular weight is 233 g/mol. The summed E-state index contributed by atoms with van der Waals surface area (Å²) >= 11 is 0. The predicted molar refractivity (Wildman–Crippen MR) is 72.7 cm³/mol. The molecule has 0 aliphatic carbocycles. The molecule has 0 saturated heterocycles. The molecule has 0 aliphatic rings. The molecule has 3 heteroatoms. The van der Waals surface area contributed by atoms with Gasteiger partial charge in [0.1, 0.15) is 6.54 Å². The molecule has 0 unspecified atom stereocenters. The number of rotatable bonds is 4. The van der Waals surface area contributed by atoms with E-state index in [0.717, 1.165) is 0 Å². The lowest BCUT2D eigenvalue weighted by Crippen LogP contribution is -2.29. The summed E-state index contributed by atoms with van der Waals surface area (Å²) < 4.78 is 0. The van der Waals surface area contributed by atoms with Gasteiger partial charge in [0, 0.05) is 4.91 Å². The van der Waals surface area contributed by atoms with Crippen LogP contribution in [0.3, 0.4) is 0 Å². The van der Waals surface area contributed by atoms with E-state index >= 15 is 0 Å². The van der Waals surface area contributed by atoms with Crippen molar-refractivity contribution in [2.75, 3.05) is 0 Å². The lowest BCUT2D eigenvalue weighted by Gasteiger charge is -2.07. The van der Waals surface area contributed by atoms with Crippen LogP contribution in [0.5, 0.6) is 0 Å². The number of benzene rings is 1. The highest BCUT2D eigenvalue weighted by Crippen LogP contribution is 2.15. The van der Waals surface area contributed by atoms with Crippen molar-refractivity contribution < 1.29 is 0 Å². The summed E-state index contributed by atoms with van der Waals surface area (Å²) in [5, 5.41) is 3.09. The highest BCUT2D eigenvalue weighted by atomic mass is 16.2. The molecule has 0 spiro atoms.